The summed E-state index contributed by atoms with van der Waals surface area (Å²) in [4.78, 5) is 0. The van der Waals surface area contributed by atoms with Crippen molar-refractivity contribution in [1.29, 1.82) is 0 Å². The van der Waals surface area contributed by atoms with Crippen LogP contribution in [0.25, 0.3) is 0 Å². The van der Waals surface area contributed by atoms with Crippen molar-refractivity contribution in [2.45, 2.75) is 6.54 Å². The van der Waals surface area contributed by atoms with E-state index in [0.717, 1.165) is 11.1 Å². The van der Waals surface area contributed by atoms with Gasteiger partial charge in [0.2, 0.25) is 0 Å². The van der Waals surface area contributed by atoms with E-state index in [9.17, 15) is 8.42 Å². The lowest BCUT2D eigenvalue weighted by Gasteiger charge is -2.16. The molecule has 1 aromatic rings. The molecule has 0 aliphatic carbocycles. The predicted octanol–water partition coefficient (Wildman–Crippen LogP) is -0.107. The molecule has 0 spiro atoms. The molecular formula is C12H17N3O2S. The minimum atomic E-state index is -3.42. The van der Waals surface area contributed by atoms with Gasteiger partial charge in [0, 0.05) is 26.2 Å². The summed E-state index contributed by atoms with van der Waals surface area (Å²) in [7, 11) is -0.529. The molecule has 0 atom stereocenters. The van der Waals surface area contributed by atoms with Gasteiger partial charge in [-0.1, -0.05) is 30.0 Å². The van der Waals surface area contributed by atoms with Gasteiger partial charge in [-0.2, -0.15) is 12.7 Å². The Bertz CT molecular complexity index is 558. The summed E-state index contributed by atoms with van der Waals surface area (Å²) in [5.74, 6) is 5.70. The first-order valence-electron chi connectivity index (χ1n) is 5.43. The molecule has 1 rings (SSSR count). The number of nitrogens with one attached hydrogen (secondary N) is 1. The summed E-state index contributed by atoms with van der Waals surface area (Å²) in [5, 5.41) is 0. The Balaban J connectivity index is 2.98. The molecule has 18 heavy (non-hydrogen) atoms. The molecule has 0 amide bonds. The number of hydrogen-bond acceptors (Lipinski definition) is 3. The van der Waals surface area contributed by atoms with E-state index < -0.39 is 10.2 Å². The Morgan fingerprint density at radius 2 is 2.06 bits per heavy atom. The molecule has 0 saturated carbocycles. The van der Waals surface area contributed by atoms with Crippen LogP contribution in [0.4, 0.5) is 0 Å². The zero-order chi connectivity index (χ0) is 13.6. The van der Waals surface area contributed by atoms with Crippen LogP contribution >= 0.6 is 0 Å². The van der Waals surface area contributed by atoms with Crippen molar-refractivity contribution in [3.05, 3.63) is 35.4 Å². The van der Waals surface area contributed by atoms with E-state index in [0.29, 0.717) is 0 Å². The molecule has 6 heteroatoms. The number of nitrogens with two attached hydrogens (primary N) is 1. The van der Waals surface area contributed by atoms with Crippen molar-refractivity contribution < 1.29 is 8.42 Å². The second-order valence-corrected chi connectivity index (χ2v) is 5.61. The zero-order valence-electron chi connectivity index (χ0n) is 10.5. The second-order valence-electron chi connectivity index (χ2n) is 3.63. The SMILES string of the molecule is CNS(=O)(=O)N(C)Cc1ccccc1C#CCN. The first-order valence-corrected chi connectivity index (χ1v) is 6.87. The highest BCUT2D eigenvalue weighted by molar-refractivity contribution is 7.87. The molecule has 0 radical (unpaired) electrons. The third-order valence-corrected chi connectivity index (χ3v) is 3.87. The monoisotopic (exact) mass is 267 g/mol. The Morgan fingerprint density at radius 3 is 2.67 bits per heavy atom. The van der Waals surface area contributed by atoms with Crippen LogP contribution < -0.4 is 10.5 Å². The van der Waals surface area contributed by atoms with Crippen LogP contribution in [0.5, 0.6) is 0 Å². The van der Waals surface area contributed by atoms with Gasteiger partial charge in [0.1, 0.15) is 0 Å². The topological polar surface area (TPSA) is 75.4 Å². The lowest BCUT2D eigenvalue weighted by atomic mass is 10.1. The first kappa shape index (κ1) is 14.7. The third kappa shape index (κ3) is 3.82. The van der Waals surface area contributed by atoms with Crippen LogP contribution in [0.3, 0.4) is 0 Å². The van der Waals surface area contributed by atoms with E-state index in [1.165, 1.54) is 18.4 Å². The maximum absolute atomic E-state index is 11.6. The lowest BCUT2D eigenvalue weighted by molar-refractivity contribution is 0.459. The summed E-state index contributed by atoms with van der Waals surface area (Å²) in [6.45, 7) is 0.539. The van der Waals surface area contributed by atoms with Gasteiger partial charge >= 0.3 is 0 Å². The van der Waals surface area contributed by atoms with Gasteiger partial charge in [0.15, 0.2) is 0 Å². The minimum absolute atomic E-state index is 0.262. The molecule has 98 valence electrons. The lowest BCUT2D eigenvalue weighted by Crippen LogP contribution is -2.35. The molecule has 0 aliphatic rings. The van der Waals surface area contributed by atoms with Gasteiger partial charge in [-0.25, -0.2) is 4.72 Å². The first-order chi connectivity index (χ1) is 8.51. The fraction of sp³-hybridized carbons (Fsp3) is 0.333. The largest absolute Gasteiger partial charge is 0.320 e. The van der Waals surface area contributed by atoms with Crippen LogP contribution in [0.2, 0.25) is 0 Å². The average molecular weight is 267 g/mol. The highest BCUT2D eigenvalue weighted by atomic mass is 32.2. The number of rotatable bonds is 4. The van der Waals surface area contributed by atoms with Crippen molar-refractivity contribution in [2.75, 3.05) is 20.6 Å². The van der Waals surface area contributed by atoms with Gasteiger partial charge in [-0.05, 0) is 11.6 Å². The van der Waals surface area contributed by atoms with Crippen LogP contribution in [0.1, 0.15) is 11.1 Å². The third-order valence-electron chi connectivity index (χ3n) is 2.40. The van der Waals surface area contributed by atoms with Crippen LogP contribution in [-0.4, -0.2) is 33.4 Å². The molecule has 0 fully saturated rings. The molecule has 0 bridgehead atoms. The Kier molecular flexibility index (Phi) is 5.31. The minimum Gasteiger partial charge on any atom is -0.320 e. The predicted molar refractivity (Wildman–Crippen MR) is 71.8 cm³/mol. The van der Waals surface area contributed by atoms with Gasteiger partial charge < -0.3 is 5.73 Å². The van der Waals surface area contributed by atoms with E-state index in [2.05, 4.69) is 16.6 Å². The van der Waals surface area contributed by atoms with E-state index in [1.807, 2.05) is 24.3 Å². The van der Waals surface area contributed by atoms with Crippen molar-refractivity contribution in [3.8, 4) is 11.8 Å². The van der Waals surface area contributed by atoms with Gasteiger partial charge in [0.05, 0.1) is 6.54 Å². The summed E-state index contributed by atoms with van der Waals surface area (Å²) < 4.78 is 26.7. The van der Waals surface area contributed by atoms with Crippen LogP contribution in [-0.2, 0) is 16.8 Å². The Hall–Kier alpha value is -1.39. The highest BCUT2D eigenvalue weighted by Gasteiger charge is 2.15. The number of benzene rings is 1. The fourth-order valence-corrected chi connectivity index (χ4v) is 2.03. The Labute approximate surface area is 108 Å². The summed E-state index contributed by atoms with van der Waals surface area (Å²) in [6, 6.07) is 7.40. The molecule has 0 aromatic heterocycles. The van der Waals surface area contributed by atoms with Crippen molar-refractivity contribution in [3.63, 3.8) is 0 Å². The van der Waals surface area contributed by atoms with Gasteiger partial charge in [-0.3, -0.25) is 0 Å². The number of nitrogens with zero attached hydrogens (tertiary/aromatic N) is 1. The van der Waals surface area contributed by atoms with Gasteiger partial charge in [0.25, 0.3) is 10.2 Å². The summed E-state index contributed by atoms with van der Waals surface area (Å²) in [5.41, 5.74) is 6.97. The smallest absolute Gasteiger partial charge is 0.279 e. The van der Waals surface area contributed by atoms with Crippen LogP contribution in [0.15, 0.2) is 24.3 Å². The standard InChI is InChI=1S/C12H17N3O2S/c1-14-18(16,17)15(2)10-12-7-4-3-6-11(12)8-5-9-13/h3-4,6-7,14H,9-10,13H2,1-2H3. The van der Waals surface area contributed by atoms with E-state index in [-0.39, 0.29) is 13.1 Å². The number of hydrogen-bond donors (Lipinski definition) is 2. The molecule has 0 unspecified atom stereocenters. The maximum Gasteiger partial charge on any atom is 0.279 e. The van der Waals surface area contributed by atoms with Crippen molar-refractivity contribution in [2.24, 2.45) is 5.73 Å². The van der Waals surface area contributed by atoms with Gasteiger partial charge in [-0.15, -0.1) is 0 Å². The van der Waals surface area contributed by atoms with E-state index >= 15 is 0 Å². The highest BCUT2D eigenvalue weighted by Crippen LogP contribution is 2.11. The van der Waals surface area contributed by atoms with E-state index in [1.54, 1.807) is 0 Å². The van der Waals surface area contributed by atoms with Crippen LogP contribution in [0, 0.1) is 11.8 Å². The van der Waals surface area contributed by atoms with E-state index in [4.69, 9.17) is 5.73 Å². The Morgan fingerprint density at radius 1 is 1.39 bits per heavy atom. The molecule has 1 aromatic carbocycles. The summed E-state index contributed by atoms with van der Waals surface area (Å²) in [6.07, 6.45) is 0. The van der Waals surface area contributed by atoms with Crippen molar-refractivity contribution in [1.82, 2.24) is 9.03 Å². The average Bonchev–Trinajstić information content (AvgIpc) is 2.37. The molecule has 0 heterocycles. The molecule has 3 N–H and O–H groups in total. The maximum atomic E-state index is 11.6. The molecular weight excluding hydrogens is 250 g/mol. The second kappa shape index (κ2) is 6.52. The molecule has 0 aliphatic heterocycles. The molecule has 0 saturated heterocycles. The normalized spacial score (nSPS) is 11.1. The fourth-order valence-electron chi connectivity index (χ4n) is 1.41. The summed E-state index contributed by atoms with van der Waals surface area (Å²) >= 11 is 0. The zero-order valence-corrected chi connectivity index (χ0v) is 11.3. The quantitative estimate of drug-likeness (QED) is 0.748. The van der Waals surface area contributed by atoms with Crippen molar-refractivity contribution >= 4 is 10.2 Å². The molecule has 5 nitrogen and oxygen atoms in total.